The second kappa shape index (κ2) is 13.2. The Labute approximate surface area is 232 Å². The standard InChI is InChI=1S/C31H41N7O/c1-20-10-7-8-12-28(20)37(6)23(4)18-38-15-9-11-26(19-38)31(35)39-30(34)21(2)16-27(24(5)32)29(33)25-13-14-36-22(3)17-25/h7-8,10,12-14,16-17,26,33-35H,4,9,11,15,18-19,32H2,1-3,5-6H3/b21-16+,27-24-,33-29?,34-30?,35-31?. The first kappa shape index (κ1) is 29.5. The van der Waals surface area contributed by atoms with Gasteiger partial charge in [0.05, 0.1) is 5.71 Å². The summed E-state index contributed by atoms with van der Waals surface area (Å²) in [4.78, 5) is 8.61. The number of benzene rings is 1. The number of likely N-dealkylation sites (tertiary alicyclic amines) is 1. The van der Waals surface area contributed by atoms with Crippen LogP contribution in [0.2, 0.25) is 0 Å². The van der Waals surface area contributed by atoms with Crippen molar-refractivity contribution in [2.45, 2.75) is 40.5 Å². The summed E-state index contributed by atoms with van der Waals surface area (Å²) in [5.41, 5.74) is 12.7. The number of pyridine rings is 1. The third-order valence-electron chi connectivity index (χ3n) is 7.04. The van der Waals surface area contributed by atoms with Gasteiger partial charge in [-0.1, -0.05) is 24.8 Å². The van der Waals surface area contributed by atoms with Gasteiger partial charge in [0.2, 0.25) is 5.90 Å². The molecule has 0 aliphatic carbocycles. The lowest BCUT2D eigenvalue weighted by Gasteiger charge is -2.35. The van der Waals surface area contributed by atoms with E-state index < -0.39 is 0 Å². The van der Waals surface area contributed by atoms with Crippen molar-refractivity contribution in [1.29, 1.82) is 16.2 Å². The molecular formula is C31H41N7O. The summed E-state index contributed by atoms with van der Waals surface area (Å²) in [5, 5.41) is 25.7. The summed E-state index contributed by atoms with van der Waals surface area (Å²) in [6.07, 6.45) is 5.13. The molecule has 5 N–H and O–H groups in total. The topological polar surface area (TPSA) is 126 Å². The van der Waals surface area contributed by atoms with E-state index in [2.05, 4.69) is 40.4 Å². The number of ether oxygens (including phenoxy) is 1. The predicted molar refractivity (Wildman–Crippen MR) is 161 cm³/mol. The largest absolute Gasteiger partial charge is 0.425 e. The van der Waals surface area contributed by atoms with Gasteiger partial charge >= 0.3 is 0 Å². The molecule has 8 nitrogen and oxygen atoms in total. The molecule has 1 fully saturated rings. The van der Waals surface area contributed by atoms with Crippen molar-refractivity contribution in [3.05, 3.63) is 94.6 Å². The zero-order valence-electron chi connectivity index (χ0n) is 23.8. The van der Waals surface area contributed by atoms with Crippen LogP contribution in [0.5, 0.6) is 0 Å². The number of allylic oxidation sites excluding steroid dienone is 3. The van der Waals surface area contributed by atoms with Gasteiger partial charge in [0.15, 0.2) is 5.90 Å². The number of hydrogen-bond acceptors (Lipinski definition) is 8. The summed E-state index contributed by atoms with van der Waals surface area (Å²) < 4.78 is 5.72. The van der Waals surface area contributed by atoms with Gasteiger partial charge < -0.3 is 15.4 Å². The smallest absolute Gasteiger partial charge is 0.216 e. The van der Waals surface area contributed by atoms with Crippen molar-refractivity contribution in [3.63, 3.8) is 0 Å². The van der Waals surface area contributed by atoms with Gasteiger partial charge in [0.1, 0.15) is 0 Å². The number of hydrogen-bond donors (Lipinski definition) is 4. The lowest BCUT2D eigenvalue weighted by atomic mass is 9.97. The van der Waals surface area contributed by atoms with E-state index >= 15 is 0 Å². The van der Waals surface area contributed by atoms with Crippen LogP contribution >= 0.6 is 0 Å². The average molecular weight is 528 g/mol. The van der Waals surface area contributed by atoms with E-state index in [0.29, 0.717) is 35.5 Å². The first-order chi connectivity index (χ1) is 18.5. The Bertz CT molecular complexity index is 1320. The quantitative estimate of drug-likeness (QED) is 0.192. The lowest BCUT2D eigenvalue weighted by molar-refractivity contribution is 0.208. The van der Waals surface area contributed by atoms with Crippen molar-refractivity contribution >= 4 is 23.2 Å². The Kier molecular flexibility index (Phi) is 9.95. The Morgan fingerprint density at radius 3 is 2.59 bits per heavy atom. The van der Waals surface area contributed by atoms with Crippen LogP contribution in [0.1, 0.15) is 43.5 Å². The highest BCUT2D eigenvalue weighted by molar-refractivity contribution is 6.13. The fourth-order valence-corrected chi connectivity index (χ4v) is 4.68. The molecule has 1 atom stereocenters. The lowest BCUT2D eigenvalue weighted by Crippen LogP contribution is -2.42. The van der Waals surface area contributed by atoms with Crippen molar-refractivity contribution in [1.82, 2.24) is 9.88 Å². The normalized spacial score (nSPS) is 16.7. The van der Waals surface area contributed by atoms with Crippen LogP contribution in [0.25, 0.3) is 0 Å². The van der Waals surface area contributed by atoms with Crippen LogP contribution < -0.4 is 10.6 Å². The molecule has 3 rings (SSSR count). The minimum absolute atomic E-state index is 0.0881. The third-order valence-corrected chi connectivity index (χ3v) is 7.04. The van der Waals surface area contributed by atoms with Crippen LogP contribution in [0, 0.1) is 36.0 Å². The Balaban J connectivity index is 1.62. The number of likely N-dealkylation sites (N-methyl/N-ethyl adjacent to an activating group) is 1. The zero-order valence-corrected chi connectivity index (χ0v) is 23.8. The number of nitrogens with one attached hydrogen (secondary N) is 3. The third kappa shape index (κ3) is 7.74. The highest BCUT2D eigenvalue weighted by atomic mass is 16.5. The summed E-state index contributed by atoms with van der Waals surface area (Å²) in [6, 6.07) is 11.8. The number of piperidine rings is 1. The van der Waals surface area contributed by atoms with Gasteiger partial charge in [0.25, 0.3) is 0 Å². The van der Waals surface area contributed by atoms with Gasteiger partial charge in [-0.15, -0.1) is 0 Å². The fourth-order valence-electron chi connectivity index (χ4n) is 4.68. The molecule has 0 saturated carbocycles. The molecular weight excluding hydrogens is 486 g/mol. The maximum atomic E-state index is 8.65. The molecule has 1 aromatic heterocycles. The van der Waals surface area contributed by atoms with Crippen molar-refractivity contribution in [3.8, 4) is 0 Å². The predicted octanol–water partition coefficient (Wildman–Crippen LogP) is 5.58. The highest BCUT2D eigenvalue weighted by Gasteiger charge is 2.26. The highest BCUT2D eigenvalue weighted by Crippen LogP contribution is 2.24. The fraction of sp³-hybridized carbons (Fsp3) is 0.355. The van der Waals surface area contributed by atoms with E-state index in [0.717, 1.165) is 36.5 Å². The van der Waals surface area contributed by atoms with E-state index in [1.165, 1.54) is 5.56 Å². The maximum Gasteiger partial charge on any atom is 0.216 e. The van der Waals surface area contributed by atoms with Gasteiger partial charge in [-0.3, -0.25) is 26.1 Å². The molecule has 1 aliphatic rings. The van der Waals surface area contributed by atoms with Crippen LogP contribution in [-0.4, -0.2) is 54.1 Å². The number of aryl methyl sites for hydroxylation is 2. The number of nitrogens with two attached hydrogens (primary N) is 1. The number of rotatable bonds is 9. The minimum Gasteiger partial charge on any atom is -0.425 e. The molecule has 1 unspecified atom stereocenters. The summed E-state index contributed by atoms with van der Waals surface area (Å²) in [5.74, 6) is -0.128. The van der Waals surface area contributed by atoms with Crippen LogP contribution in [0.15, 0.2) is 77.8 Å². The first-order valence-corrected chi connectivity index (χ1v) is 13.2. The second-order valence-electron chi connectivity index (χ2n) is 10.3. The van der Waals surface area contributed by atoms with E-state index in [-0.39, 0.29) is 23.4 Å². The summed E-state index contributed by atoms with van der Waals surface area (Å²) in [7, 11) is 2.04. The molecule has 1 saturated heterocycles. The number of anilines is 1. The maximum absolute atomic E-state index is 8.65. The minimum atomic E-state index is -0.113. The molecule has 0 amide bonds. The summed E-state index contributed by atoms with van der Waals surface area (Å²) >= 11 is 0. The van der Waals surface area contributed by atoms with Gasteiger partial charge in [-0.25, -0.2) is 0 Å². The van der Waals surface area contributed by atoms with Gasteiger partial charge in [0, 0.05) is 71.7 Å². The van der Waals surface area contributed by atoms with Crippen molar-refractivity contribution in [2.24, 2.45) is 11.7 Å². The van der Waals surface area contributed by atoms with Gasteiger partial charge in [-0.2, -0.15) is 0 Å². The Morgan fingerprint density at radius 2 is 1.92 bits per heavy atom. The molecule has 2 heterocycles. The zero-order chi connectivity index (χ0) is 28.7. The van der Waals surface area contributed by atoms with E-state index in [9.17, 15) is 0 Å². The number of para-hydroxylation sites is 1. The average Bonchev–Trinajstić information content (AvgIpc) is 2.91. The Morgan fingerprint density at radius 1 is 1.21 bits per heavy atom. The van der Waals surface area contributed by atoms with Crippen molar-refractivity contribution in [2.75, 3.05) is 31.6 Å². The number of nitrogens with zero attached hydrogens (tertiary/aromatic N) is 3. The van der Waals surface area contributed by atoms with Crippen LogP contribution in [-0.2, 0) is 4.74 Å². The first-order valence-electron chi connectivity index (χ1n) is 13.2. The van der Waals surface area contributed by atoms with Crippen LogP contribution in [0.3, 0.4) is 0 Å². The monoisotopic (exact) mass is 527 g/mol. The summed E-state index contributed by atoms with van der Waals surface area (Å²) in [6.45, 7) is 14.1. The molecule has 39 heavy (non-hydrogen) atoms. The van der Waals surface area contributed by atoms with Gasteiger partial charge in [-0.05, 0) is 76.9 Å². The van der Waals surface area contributed by atoms with Crippen LogP contribution in [0.4, 0.5) is 5.69 Å². The molecule has 1 aromatic carbocycles. The molecule has 8 heteroatoms. The molecule has 2 aromatic rings. The second-order valence-corrected chi connectivity index (χ2v) is 10.3. The Hall–Kier alpha value is -4.04. The SMILES string of the molecule is C=C(CN1CCCC(C(=N)OC(=N)/C(C)=C/C(C(=N)c2ccnc(C)c2)=C(\C)N)C1)N(C)c1ccccc1C. The molecule has 206 valence electrons. The van der Waals surface area contributed by atoms with E-state index in [4.69, 9.17) is 26.7 Å². The molecule has 0 bridgehead atoms. The molecule has 1 aliphatic heterocycles. The number of aromatic nitrogens is 1. The molecule has 0 spiro atoms. The van der Waals surface area contributed by atoms with Crippen molar-refractivity contribution < 1.29 is 4.74 Å². The van der Waals surface area contributed by atoms with E-state index in [1.54, 1.807) is 32.2 Å². The van der Waals surface area contributed by atoms with E-state index in [1.807, 2.05) is 32.2 Å². The molecule has 0 radical (unpaired) electrons.